The molecule has 0 heterocycles. The molecule has 0 fully saturated rings. The minimum atomic E-state index is -4.80. The summed E-state index contributed by atoms with van der Waals surface area (Å²) in [6.07, 6.45) is -3.18. The Balaban J connectivity index is 2.99. The predicted octanol–water partition coefficient (Wildman–Crippen LogP) is 4.80. The molecule has 0 bridgehead atoms. The van der Waals surface area contributed by atoms with E-state index in [1.165, 1.54) is 6.07 Å². The summed E-state index contributed by atoms with van der Waals surface area (Å²) in [6, 6.07) is 3.27. The maximum absolute atomic E-state index is 13.8. The lowest BCUT2D eigenvalue weighted by atomic mass is 9.80. The van der Waals surface area contributed by atoms with Crippen LogP contribution >= 0.6 is 0 Å². The third-order valence-electron chi connectivity index (χ3n) is 2.78. The highest BCUT2D eigenvalue weighted by Crippen LogP contribution is 2.33. The molecule has 0 atom stereocenters. The number of ether oxygens (including phenoxy) is 1. The van der Waals surface area contributed by atoms with Crippen molar-refractivity contribution in [1.29, 1.82) is 0 Å². The molecule has 0 radical (unpaired) electrons. The van der Waals surface area contributed by atoms with Crippen molar-refractivity contribution < 1.29 is 22.3 Å². The van der Waals surface area contributed by atoms with Crippen LogP contribution < -0.4 is 4.74 Å². The lowest BCUT2D eigenvalue weighted by Gasteiger charge is -2.25. The van der Waals surface area contributed by atoms with E-state index in [4.69, 9.17) is 0 Å². The quantitative estimate of drug-likeness (QED) is 0.709. The molecule has 0 N–H and O–H groups in total. The molecular formula is C13H16F4O. The number of hydrogen-bond donors (Lipinski definition) is 0. The van der Waals surface area contributed by atoms with E-state index >= 15 is 0 Å². The van der Waals surface area contributed by atoms with E-state index in [1.807, 2.05) is 20.8 Å². The molecule has 0 aromatic heterocycles. The molecule has 1 aromatic carbocycles. The second-order valence-corrected chi connectivity index (χ2v) is 4.82. The zero-order chi connectivity index (χ0) is 14.0. The van der Waals surface area contributed by atoms with Crippen LogP contribution in [0, 0.1) is 5.82 Å². The fraction of sp³-hybridized carbons (Fsp3) is 0.538. The Bertz CT molecular complexity index is 410. The lowest BCUT2D eigenvalue weighted by Crippen LogP contribution is -2.20. The van der Waals surface area contributed by atoms with Gasteiger partial charge in [0.2, 0.25) is 0 Å². The number of rotatable bonds is 4. The second kappa shape index (κ2) is 5.16. The number of hydrogen-bond acceptors (Lipinski definition) is 1. The average Bonchev–Trinajstić information content (AvgIpc) is 2.13. The standard InChI is InChI=1S/C13H16F4O/c1-4-7-12(2,3)10-6-5-9(8-11(10)14)18-13(15,16)17/h5-6,8H,4,7H2,1-3H3. The third-order valence-corrected chi connectivity index (χ3v) is 2.78. The molecule has 0 aliphatic rings. The van der Waals surface area contributed by atoms with Crippen molar-refractivity contribution >= 4 is 0 Å². The largest absolute Gasteiger partial charge is 0.573 e. The molecule has 0 saturated carbocycles. The van der Waals surface area contributed by atoms with Crippen molar-refractivity contribution in [2.24, 2.45) is 0 Å². The first-order valence-corrected chi connectivity index (χ1v) is 5.71. The Labute approximate surface area is 104 Å². The predicted molar refractivity (Wildman–Crippen MR) is 61.0 cm³/mol. The Hall–Kier alpha value is -1.26. The molecule has 1 nitrogen and oxygen atoms in total. The Morgan fingerprint density at radius 2 is 1.78 bits per heavy atom. The highest BCUT2D eigenvalue weighted by atomic mass is 19.4. The van der Waals surface area contributed by atoms with Gasteiger partial charge in [-0.25, -0.2) is 4.39 Å². The SMILES string of the molecule is CCCC(C)(C)c1ccc(OC(F)(F)F)cc1F. The zero-order valence-electron chi connectivity index (χ0n) is 10.6. The molecule has 5 heteroatoms. The Morgan fingerprint density at radius 3 is 2.22 bits per heavy atom. The first kappa shape index (κ1) is 14.8. The van der Waals surface area contributed by atoms with Crippen molar-refractivity contribution in [2.45, 2.75) is 45.4 Å². The van der Waals surface area contributed by atoms with Crippen molar-refractivity contribution in [1.82, 2.24) is 0 Å². The van der Waals surface area contributed by atoms with Crippen molar-refractivity contribution in [2.75, 3.05) is 0 Å². The van der Waals surface area contributed by atoms with E-state index in [2.05, 4.69) is 4.74 Å². The third kappa shape index (κ3) is 3.89. The molecule has 0 amide bonds. The maximum atomic E-state index is 13.8. The molecule has 0 aliphatic carbocycles. The summed E-state index contributed by atoms with van der Waals surface area (Å²) < 4.78 is 53.4. The van der Waals surface area contributed by atoms with Crippen LogP contribution in [0.5, 0.6) is 5.75 Å². The molecule has 0 spiro atoms. The summed E-state index contributed by atoms with van der Waals surface area (Å²) in [6.45, 7) is 5.69. The normalized spacial score (nSPS) is 12.6. The van der Waals surface area contributed by atoms with Gasteiger partial charge in [0, 0.05) is 6.07 Å². The lowest BCUT2D eigenvalue weighted by molar-refractivity contribution is -0.274. The minimum absolute atomic E-state index is 0.402. The molecule has 18 heavy (non-hydrogen) atoms. The zero-order valence-corrected chi connectivity index (χ0v) is 10.6. The van der Waals surface area contributed by atoms with Crippen LogP contribution in [0.25, 0.3) is 0 Å². The summed E-state index contributed by atoms with van der Waals surface area (Å²) in [5.41, 5.74) is -0.00541. The molecular weight excluding hydrogens is 248 g/mol. The van der Waals surface area contributed by atoms with Gasteiger partial charge in [0.05, 0.1) is 0 Å². The van der Waals surface area contributed by atoms with E-state index in [9.17, 15) is 17.6 Å². The van der Waals surface area contributed by atoms with Gasteiger partial charge in [-0.1, -0.05) is 33.3 Å². The molecule has 1 aromatic rings. The van der Waals surface area contributed by atoms with Gasteiger partial charge in [-0.2, -0.15) is 0 Å². The fourth-order valence-electron chi connectivity index (χ4n) is 2.00. The van der Waals surface area contributed by atoms with Gasteiger partial charge in [0.25, 0.3) is 0 Å². The van der Waals surface area contributed by atoms with Crippen LogP contribution in [0.15, 0.2) is 18.2 Å². The molecule has 0 unspecified atom stereocenters. The first-order chi connectivity index (χ1) is 8.15. The van der Waals surface area contributed by atoms with Gasteiger partial charge in [0.15, 0.2) is 0 Å². The highest BCUT2D eigenvalue weighted by molar-refractivity contribution is 5.33. The van der Waals surface area contributed by atoms with E-state index in [1.54, 1.807) is 0 Å². The number of alkyl halides is 3. The van der Waals surface area contributed by atoms with Crippen molar-refractivity contribution in [3.63, 3.8) is 0 Å². The highest BCUT2D eigenvalue weighted by Gasteiger charge is 2.32. The molecule has 0 saturated heterocycles. The van der Waals surface area contributed by atoms with Gasteiger partial charge in [-0.3, -0.25) is 0 Å². The molecule has 102 valence electrons. The number of benzene rings is 1. The Kier molecular flexibility index (Phi) is 4.24. The topological polar surface area (TPSA) is 9.23 Å². The van der Waals surface area contributed by atoms with Crippen LogP contribution in [-0.4, -0.2) is 6.36 Å². The summed E-state index contributed by atoms with van der Waals surface area (Å²) in [5, 5.41) is 0. The number of halogens is 4. The summed E-state index contributed by atoms with van der Waals surface area (Å²) in [5.74, 6) is -1.20. The maximum Gasteiger partial charge on any atom is 0.573 e. The van der Waals surface area contributed by atoms with Crippen LogP contribution in [0.1, 0.15) is 39.2 Å². The molecule has 0 aliphatic heterocycles. The van der Waals surface area contributed by atoms with Crippen LogP contribution in [0.3, 0.4) is 0 Å². The Morgan fingerprint density at radius 1 is 1.17 bits per heavy atom. The smallest absolute Gasteiger partial charge is 0.406 e. The van der Waals surface area contributed by atoms with Gasteiger partial charge >= 0.3 is 6.36 Å². The minimum Gasteiger partial charge on any atom is -0.406 e. The molecule has 1 rings (SSSR count). The van der Waals surface area contributed by atoms with Crippen LogP contribution in [-0.2, 0) is 5.41 Å². The van der Waals surface area contributed by atoms with Crippen LogP contribution in [0.2, 0.25) is 0 Å². The van der Waals surface area contributed by atoms with Gasteiger partial charge in [-0.15, -0.1) is 13.2 Å². The van der Waals surface area contributed by atoms with E-state index in [0.717, 1.165) is 25.0 Å². The van der Waals surface area contributed by atoms with E-state index < -0.39 is 23.3 Å². The summed E-state index contributed by atoms with van der Waals surface area (Å²) >= 11 is 0. The average molecular weight is 264 g/mol. The van der Waals surface area contributed by atoms with Gasteiger partial charge in [-0.05, 0) is 23.5 Å². The van der Waals surface area contributed by atoms with Crippen molar-refractivity contribution in [3.8, 4) is 5.75 Å². The fourth-order valence-corrected chi connectivity index (χ4v) is 2.00. The van der Waals surface area contributed by atoms with E-state index in [0.29, 0.717) is 5.56 Å². The monoisotopic (exact) mass is 264 g/mol. The van der Waals surface area contributed by atoms with E-state index in [-0.39, 0.29) is 0 Å². The first-order valence-electron chi connectivity index (χ1n) is 5.71. The van der Waals surface area contributed by atoms with Crippen LogP contribution in [0.4, 0.5) is 17.6 Å². The summed E-state index contributed by atoms with van der Waals surface area (Å²) in [4.78, 5) is 0. The second-order valence-electron chi connectivity index (χ2n) is 4.82. The summed E-state index contributed by atoms with van der Waals surface area (Å²) in [7, 11) is 0. The van der Waals surface area contributed by atoms with Gasteiger partial charge in [0.1, 0.15) is 11.6 Å². The van der Waals surface area contributed by atoms with Gasteiger partial charge < -0.3 is 4.74 Å². The van der Waals surface area contributed by atoms with Crippen molar-refractivity contribution in [3.05, 3.63) is 29.6 Å².